The molecule has 1 aliphatic rings. The molecule has 0 heterocycles. The molecule has 0 unspecified atom stereocenters. The summed E-state index contributed by atoms with van der Waals surface area (Å²) in [6, 6.07) is 0.0591. The van der Waals surface area contributed by atoms with Crippen molar-refractivity contribution in [1.29, 1.82) is 0 Å². The van der Waals surface area contributed by atoms with Gasteiger partial charge in [0, 0.05) is 31.7 Å². The van der Waals surface area contributed by atoms with Gasteiger partial charge in [0.1, 0.15) is 13.1 Å². The van der Waals surface area contributed by atoms with Crippen LogP contribution in [0.3, 0.4) is 0 Å². The second kappa shape index (κ2) is 6.77. The lowest BCUT2D eigenvalue weighted by molar-refractivity contribution is -0.145. The molecule has 19 heavy (non-hydrogen) atoms. The molecule has 1 amide bonds. The van der Waals surface area contributed by atoms with Crippen molar-refractivity contribution in [3.63, 3.8) is 0 Å². The molecule has 0 saturated heterocycles. The minimum absolute atomic E-state index is 0.00269. The Morgan fingerprint density at radius 3 is 2.53 bits per heavy atom. The number of rotatable bonds is 8. The zero-order valence-corrected chi connectivity index (χ0v) is 11.3. The van der Waals surface area contributed by atoms with Gasteiger partial charge in [0.05, 0.1) is 0 Å². The van der Waals surface area contributed by atoms with Crippen LogP contribution in [0, 0.1) is 0 Å². The van der Waals surface area contributed by atoms with E-state index in [4.69, 9.17) is 5.11 Å². The first-order valence-corrected chi connectivity index (χ1v) is 6.09. The number of carboxylic acids is 1. The Morgan fingerprint density at radius 2 is 2.11 bits per heavy atom. The van der Waals surface area contributed by atoms with Gasteiger partial charge in [-0.1, -0.05) is 0 Å². The summed E-state index contributed by atoms with van der Waals surface area (Å²) < 4.78 is 0. The van der Waals surface area contributed by atoms with Crippen LogP contribution >= 0.6 is 0 Å². The quantitative estimate of drug-likeness (QED) is 0.480. The Bertz CT molecular complexity index is 390. The SMILES string of the molecule is C=NN(CC(=O)N(CC(=O)O)C1CC1)/C(C)=C/NC. The highest BCUT2D eigenvalue weighted by atomic mass is 16.4. The predicted octanol–water partition coefficient (Wildman–Crippen LogP) is 0.0603. The molecular weight excluding hydrogens is 248 g/mol. The minimum atomic E-state index is -0.999. The summed E-state index contributed by atoms with van der Waals surface area (Å²) in [4.78, 5) is 24.3. The van der Waals surface area contributed by atoms with E-state index in [0.717, 1.165) is 18.5 Å². The van der Waals surface area contributed by atoms with Crippen molar-refractivity contribution in [2.24, 2.45) is 5.10 Å². The molecule has 0 aliphatic heterocycles. The molecule has 0 aromatic rings. The van der Waals surface area contributed by atoms with E-state index in [1.165, 1.54) is 9.91 Å². The van der Waals surface area contributed by atoms with Gasteiger partial charge in [-0.2, -0.15) is 5.10 Å². The molecule has 0 aromatic carbocycles. The Morgan fingerprint density at radius 1 is 1.47 bits per heavy atom. The number of nitrogens with zero attached hydrogens (tertiary/aromatic N) is 3. The average molecular weight is 268 g/mol. The molecule has 0 aromatic heterocycles. The van der Waals surface area contributed by atoms with Crippen LogP contribution in [0.4, 0.5) is 0 Å². The highest BCUT2D eigenvalue weighted by Gasteiger charge is 2.34. The van der Waals surface area contributed by atoms with Crippen molar-refractivity contribution < 1.29 is 14.7 Å². The van der Waals surface area contributed by atoms with Crippen LogP contribution in [-0.4, -0.2) is 59.8 Å². The number of carbonyl (C=O) groups excluding carboxylic acids is 1. The third-order valence-electron chi connectivity index (χ3n) is 2.83. The molecule has 7 heteroatoms. The number of carbonyl (C=O) groups is 2. The van der Waals surface area contributed by atoms with E-state index in [1.54, 1.807) is 20.2 Å². The number of aliphatic carboxylic acids is 1. The smallest absolute Gasteiger partial charge is 0.323 e. The van der Waals surface area contributed by atoms with Crippen LogP contribution in [0.15, 0.2) is 17.0 Å². The molecule has 1 saturated carbocycles. The van der Waals surface area contributed by atoms with Gasteiger partial charge >= 0.3 is 5.97 Å². The molecule has 2 N–H and O–H groups in total. The second-order valence-corrected chi connectivity index (χ2v) is 4.42. The normalized spacial score (nSPS) is 14.7. The maximum Gasteiger partial charge on any atom is 0.323 e. The monoisotopic (exact) mass is 268 g/mol. The van der Waals surface area contributed by atoms with Gasteiger partial charge in [0.2, 0.25) is 5.91 Å². The molecule has 1 aliphatic carbocycles. The number of hydrogen-bond donors (Lipinski definition) is 2. The number of amides is 1. The molecule has 0 bridgehead atoms. The lowest BCUT2D eigenvalue weighted by Crippen LogP contribution is -2.42. The topological polar surface area (TPSA) is 85.2 Å². The van der Waals surface area contributed by atoms with E-state index in [0.29, 0.717) is 0 Å². The number of nitrogens with one attached hydrogen (secondary N) is 1. The summed E-state index contributed by atoms with van der Waals surface area (Å²) in [5.74, 6) is -1.25. The van der Waals surface area contributed by atoms with E-state index in [1.807, 2.05) is 0 Å². The van der Waals surface area contributed by atoms with Gasteiger partial charge in [0.15, 0.2) is 0 Å². The minimum Gasteiger partial charge on any atom is -0.480 e. The zero-order chi connectivity index (χ0) is 14.4. The molecule has 1 rings (SSSR count). The Hall–Kier alpha value is -2.05. The molecular formula is C12H20N4O3. The molecule has 0 atom stereocenters. The maximum atomic E-state index is 12.1. The fourth-order valence-corrected chi connectivity index (χ4v) is 1.74. The third kappa shape index (κ3) is 4.61. The summed E-state index contributed by atoms with van der Waals surface area (Å²) in [5, 5.41) is 16.9. The van der Waals surface area contributed by atoms with Crippen LogP contribution in [0.1, 0.15) is 19.8 Å². The molecule has 7 nitrogen and oxygen atoms in total. The first-order valence-electron chi connectivity index (χ1n) is 6.09. The lowest BCUT2D eigenvalue weighted by atomic mass is 10.4. The third-order valence-corrected chi connectivity index (χ3v) is 2.83. The fraction of sp³-hybridized carbons (Fsp3) is 0.583. The largest absolute Gasteiger partial charge is 0.480 e. The number of allylic oxidation sites excluding steroid dienone is 1. The van der Waals surface area contributed by atoms with Crippen molar-refractivity contribution in [3.8, 4) is 0 Å². The average Bonchev–Trinajstić information content (AvgIpc) is 3.16. The van der Waals surface area contributed by atoms with E-state index >= 15 is 0 Å². The molecule has 1 fully saturated rings. The van der Waals surface area contributed by atoms with Crippen LogP contribution in [-0.2, 0) is 9.59 Å². The van der Waals surface area contributed by atoms with Crippen molar-refractivity contribution in [2.75, 3.05) is 20.1 Å². The lowest BCUT2D eigenvalue weighted by Gasteiger charge is -2.24. The first-order chi connectivity index (χ1) is 8.99. The van der Waals surface area contributed by atoms with Gasteiger partial charge in [-0.25, -0.2) is 0 Å². The van der Waals surface area contributed by atoms with Gasteiger partial charge in [-0.05, 0) is 19.8 Å². The van der Waals surface area contributed by atoms with Gasteiger partial charge in [0.25, 0.3) is 0 Å². The predicted molar refractivity (Wildman–Crippen MR) is 71.4 cm³/mol. The summed E-state index contributed by atoms with van der Waals surface area (Å²) >= 11 is 0. The summed E-state index contributed by atoms with van der Waals surface area (Å²) in [5.41, 5.74) is 0.733. The second-order valence-electron chi connectivity index (χ2n) is 4.42. The van der Waals surface area contributed by atoms with Crippen molar-refractivity contribution >= 4 is 18.6 Å². The van der Waals surface area contributed by atoms with Crippen LogP contribution in [0.2, 0.25) is 0 Å². The highest BCUT2D eigenvalue weighted by molar-refractivity contribution is 5.83. The Labute approximate surface area is 112 Å². The summed E-state index contributed by atoms with van der Waals surface area (Å²) in [6.45, 7) is 4.94. The van der Waals surface area contributed by atoms with Crippen LogP contribution < -0.4 is 5.32 Å². The molecule has 0 spiro atoms. The zero-order valence-electron chi connectivity index (χ0n) is 11.3. The van der Waals surface area contributed by atoms with Gasteiger partial charge in [-0.15, -0.1) is 0 Å². The van der Waals surface area contributed by atoms with E-state index in [2.05, 4.69) is 17.1 Å². The Kier molecular flexibility index (Phi) is 5.35. The van der Waals surface area contributed by atoms with E-state index in [-0.39, 0.29) is 25.0 Å². The number of carboxylic acid groups (broad SMARTS) is 1. The van der Waals surface area contributed by atoms with Crippen LogP contribution in [0.25, 0.3) is 0 Å². The van der Waals surface area contributed by atoms with Gasteiger partial charge < -0.3 is 15.3 Å². The van der Waals surface area contributed by atoms with Crippen molar-refractivity contribution in [2.45, 2.75) is 25.8 Å². The first kappa shape index (κ1) is 15.0. The Balaban J connectivity index is 2.66. The van der Waals surface area contributed by atoms with E-state index < -0.39 is 5.97 Å². The fourth-order valence-electron chi connectivity index (χ4n) is 1.74. The maximum absolute atomic E-state index is 12.1. The highest BCUT2D eigenvalue weighted by Crippen LogP contribution is 2.26. The number of hydrazone groups is 1. The molecule has 106 valence electrons. The van der Waals surface area contributed by atoms with Crippen molar-refractivity contribution in [3.05, 3.63) is 11.9 Å². The van der Waals surface area contributed by atoms with Crippen LogP contribution in [0.5, 0.6) is 0 Å². The van der Waals surface area contributed by atoms with Crippen molar-refractivity contribution in [1.82, 2.24) is 15.2 Å². The van der Waals surface area contributed by atoms with Gasteiger partial charge in [-0.3, -0.25) is 14.6 Å². The summed E-state index contributed by atoms with van der Waals surface area (Å²) in [7, 11) is 1.74. The molecule has 0 radical (unpaired) electrons. The number of hydrogen-bond acceptors (Lipinski definition) is 5. The van der Waals surface area contributed by atoms with E-state index in [9.17, 15) is 9.59 Å². The standard InChI is InChI=1S/C12H20N4O3/c1-9(6-13-2)16(14-3)7-11(17)15(8-12(18)19)10-4-5-10/h6,10,13H,3-5,7-8H2,1-2H3,(H,18,19)/b9-6+. The summed E-state index contributed by atoms with van der Waals surface area (Å²) in [6.07, 6.45) is 3.43.